The average Bonchev–Trinajstić information content (AvgIpc) is 2.66. The molecule has 0 unspecified atom stereocenters. The number of ether oxygens (including phenoxy) is 5. The maximum atomic E-state index is 13.7. The van der Waals surface area contributed by atoms with Crippen LogP contribution in [0.4, 0.5) is 10.1 Å². The van der Waals surface area contributed by atoms with E-state index >= 15 is 0 Å². The SMILES string of the molecule is CC(=O)O[C@@H]1[C@@H](OC(C)=O)[C@@H](Oc2ccc([N+](=O)[O-])cc2Cl)O[C@H](CF)[C@H]1OC(C)=O. The zero-order valence-electron chi connectivity index (χ0n) is 16.6. The van der Waals surface area contributed by atoms with E-state index in [0.717, 1.165) is 39.0 Å². The van der Waals surface area contributed by atoms with Gasteiger partial charge in [-0.2, -0.15) is 0 Å². The Hall–Kier alpha value is -2.99. The van der Waals surface area contributed by atoms with Gasteiger partial charge in [-0.05, 0) is 6.07 Å². The molecule has 13 heteroatoms. The first-order valence-corrected chi connectivity index (χ1v) is 9.25. The van der Waals surface area contributed by atoms with Gasteiger partial charge in [0.25, 0.3) is 5.69 Å². The first kappa shape index (κ1) is 24.3. The summed E-state index contributed by atoms with van der Waals surface area (Å²) in [6.07, 6.45) is -7.40. The van der Waals surface area contributed by atoms with Crippen LogP contribution in [-0.2, 0) is 33.3 Å². The first-order chi connectivity index (χ1) is 14.5. The van der Waals surface area contributed by atoms with E-state index in [1.165, 1.54) is 0 Å². The monoisotopic (exact) mass is 463 g/mol. The molecule has 1 aromatic carbocycles. The van der Waals surface area contributed by atoms with Crippen LogP contribution in [-0.4, -0.2) is 60.2 Å². The van der Waals surface area contributed by atoms with Crippen LogP contribution < -0.4 is 4.74 Å². The summed E-state index contributed by atoms with van der Waals surface area (Å²) < 4.78 is 40.1. The Morgan fingerprint density at radius 2 is 1.61 bits per heavy atom. The summed E-state index contributed by atoms with van der Waals surface area (Å²) in [7, 11) is 0. The highest BCUT2D eigenvalue weighted by molar-refractivity contribution is 6.32. The summed E-state index contributed by atoms with van der Waals surface area (Å²) in [6, 6.07) is 3.28. The summed E-state index contributed by atoms with van der Waals surface area (Å²) in [6.45, 7) is 2.00. The molecule has 0 N–H and O–H groups in total. The number of alkyl halides is 1. The molecule has 0 spiro atoms. The highest BCUT2D eigenvalue weighted by Gasteiger charge is 2.53. The van der Waals surface area contributed by atoms with Crippen molar-refractivity contribution in [3.8, 4) is 5.75 Å². The third kappa shape index (κ3) is 6.25. The van der Waals surface area contributed by atoms with Crippen molar-refractivity contribution in [2.45, 2.75) is 51.5 Å². The summed E-state index contributed by atoms with van der Waals surface area (Å²) in [5.41, 5.74) is -0.312. The number of hydrogen-bond acceptors (Lipinski definition) is 10. The maximum Gasteiger partial charge on any atom is 0.303 e. The third-order valence-electron chi connectivity index (χ3n) is 4.02. The summed E-state index contributed by atoms with van der Waals surface area (Å²) >= 11 is 6.01. The van der Waals surface area contributed by atoms with Crippen molar-refractivity contribution in [2.24, 2.45) is 0 Å². The van der Waals surface area contributed by atoms with Crippen molar-refractivity contribution in [2.75, 3.05) is 6.67 Å². The first-order valence-electron chi connectivity index (χ1n) is 8.87. The maximum absolute atomic E-state index is 13.7. The van der Waals surface area contributed by atoms with Crippen LogP contribution in [0.2, 0.25) is 5.02 Å². The molecule has 1 saturated heterocycles. The van der Waals surface area contributed by atoms with Gasteiger partial charge < -0.3 is 23.7 Å². The highest BCUT2D eigenvalue weighted by atomic mass is 35.5. The third-order valence-corrected chi connectivity index (χ3v) is 4.31. The van der Waals surface area contributed by atoms with Gasteiger partial charge in [-0.25, -0.2) is 4.39 Å². The van der Waals surface area contributed by atoms with E-state index in [1.54, 1.807) is 0 Å². The Morgan fingerprint density at radius 1 is 1.06 bits per heavy atom. The fourth-order valence-corrected chi connectivity index (χ4v) is 3.12. The second-order valence-electron chi connectivity index (χ2n) is 6.41. The Labute approximate surface area is 180 Å². The summed E-state index contributed by atoms with van der Waals surface area (Å²) in [5.74, 6) is -2.58. The summed E-state index contributed by atoms with van der Waals surface area (Å²) in [5, 5.41) is 10.7. The van der Waals surface area contributed by atoms with Gasteiger partial charge in [0.2, 0.25) is 12.4 Å². The molecule has 2 rings (SSSR count). The van der Waals surface area contributed by atoms with E-state index in [2.05, 4.69) is 0 Å². The Kier molecular flexibility index (Phi) is 8.11. The van der Waals surface area contributed by atoms with Gasteiger partial charge in [0.1, 0.15) is 18.5 Å². The standard InChI is InChI=1S/C18H19ClFNO10/c1-8(22)27-15-14(7-20)31-18(17(29-10(3)24)16(15)28-9(2)23)30-13-5-4-11(21(25)26)6-12(13)19/h4-6,14-18H,7H2,1-3H3/t14-,15-,16+,17-,18+/m1/s1. The zero-order valence-corrected chi connectivity index (χ0v) is 17.4. The molecular formula is C18H19ClFNO10. The van der Waals surface area contributed by atoms with Crippen molar-refractivity contribution >= 4 is 35.2 Å². The van der Waals surface area contributed by atoms with Crippen molar-refractivity contribution in [1.29, 1.82) is 0 Å². The summed E-state index contributed by atoms with van der Waals surface area (Å²) in [4.78, 5) is 45.0. The molecule has 0 saturated carbocycles. The van der Waals surface area contributed by atoms with Crippen molar-refractivity contribution in [3.63, 3.8) is 0 Å². The molecule has 11 nitrogen and oxygen atoms in total. The lowest BCUT2D eigenvalue weighted by atomic mass is 9.98. The second-order valence-corrected chi connectivity index (χ2v) is 6.82. The Bertz CT molecular complexity index is 866. The number of halogens is 2. The van der Waals surface area contributed by atoms with Crippen LogP contribution in [0.3, 0.4) is 0 Å². The number of carbonyl (C=O) groups excluding carboxylic acids is 3. The molecule has 1 aliphatic heterocycles. The second kappa shape index (κ2) is 10.4. The molecule has 0 bridgehead atoms. The van der Waals surface area contributed by atoms with Gasteiger partial charge in [0, 0.05) is 32.9 Å². The number of hydrogen-bond donors (Lipinski definition) is 0. The molecule has 1 aliphatic rings. The van der Waals surface area contributed by atoms with Crippen LogP contribution in [0.1, 0.15) is 20.8 Å². The smallest absolute Gasteiger partial charge is 0.303 e. The lowest BCUT2D eigenvalue weighted by Crippen LogP contribution is -2.63. The number of non-ortho nitro benzene ring substituents is 1. The number of rotatable bonds is 7. The van der Waals surface area contributed by atoms with Crippen LogP contribution in [0.15, 0.2) is 18.2 Å². The van der Waals surface area contributed by atoms with Crippen LogP contribution in [0, 0.1) is 10.1 Å². The van der Waals surface area contributed by atoms with E-state index < -0.39 is 60.2 Å². The number of carbonyl (C=O) groups is 3. The quantitative estimate of drug-likeness (QED) is 0.255. The van der Waals surface area contributed by atoms with Crippen LogP contribution in [0.5, 0.6) is 5.75 Å². The van der Waals surface area contributed by atoms with E-state index in [1.807, 2.05) is 0 Å². The number of esters is 3. The van der Waals surface area contributed by atoms with Gasteiger partial charge >= 0.3 is 17.9 Å². The van der Waals surface area contributed by atoms with Gasteiger partial charge in [-0.15, -0.1) is 0 Å². The van der Waals surface area contributed by atoms with Gasteiger partial charge in [-0.3, -0.25) is 24.5 Å². The Balaban J connectivity index is 2.43. The zero-order chi connectivity index (χ0) is 23.3. The molecule has 0 radical (unpaired) electrons. The fraction of sp³-hybridized carbons (Fsp3) is 0.500. The predicted molar refractivity (Wildman–Crippen MR) is 100 cm³/mol. The molecule has 0 aliphatic carbocycles. The molecular weight excluding hydrogens is 445 g/mol. The largest absolute Gasteiger partial charge is 0.459 e. The van der Waals surface area contributed by atoms with Crippen molar-refractivity contribution < 1.29 is 47.4 Å². The predicted octanol–water partition coefficient (Wildman–Crippen LogP) is 2.12. The molecule has 5 atom stereocenters. The number of nitrogens with zero attached hydrogens (tertiary/aromatic N) is 1. The van der Waals surface area contributed by atoms with Gasteiger partial charge in [0.05, 0.1) is 9.95 Å². The molecule has 170 valence electrons. The highest BCUT2D eigenvalue weighted by Crippen LogP contribution is 2.34. The molecule has 0 aromatic heterocycles. The molecule has 31 heavy (non-hydrogen) atoms. The minimum Gasteiger partial charge on any atom is -0.459 e. The molecule has 1 aromatic rings. The molecule has 0 amide bonds. The van der Waals surface area contributed by atoms with E-state index in [9.17, 15) is 28.9 Å². The Morgan fingerprint density at radius 3 is 2.10 bits per heavy atom. The normalized spacial score (nSPS) is 25.3. The number of benzene rings is 1. The van der Waals surface area contributed by atoms with E-state index in [0.29, 0.717) is 0 Å². The van der Waals surface area contributed by atoms with Crippen LogP contribution >= 0.6 is 11.6 Å². The number of nitro benzene ring substituents is 1. The molecule has 1 heterocycles. The molecule has 1 fully saturated rings. The van der Waals surface area contributed by atoms with E-state index in [4.69, 9.17) is 35.3 Å². The lowest BCUT2D eigenvalue weighted by molar-refractivity contribution is -0.384. The topological polar surface area (TPSA) is 140 Å². The average molecular weight is 464 g/mol. The minimum absolute atomic E-state index is 0.112. The number of nitro groups is 1. The van der Waals surface area contributed by atoms with E-state index in [-0.39, 0.29) is 16.5 Å². The van der Waals surface area contributed by atoms with Crippen LogP contribution in [0.25, 0.3) is 0 Å². The lowest BCUT2D eigenvalue weighted by Gasteiger charge is -2.43. The van der Waals surface area contributed by atoms with Gasteiger partial charge in [0.15, 0.2) is 12.2 Å². The van der Waals surface area contributed by atoms with Crippen molar-refractivity contribution in [3.05, 3.63) is 33.3 Å². The fourth-order valence-electron chi connectivity index (χ4n) is 2.90. The van der Waals surface area contributed by atoms with Gasteiger partial charge in [-0.1, -0.05) is 11.6 Å². The van der Waals surface area contributed by atoms with Crippen molar-refractivity contribution in [1.82, 2.24) is 0 Å². The minimum atomic E-state index is -1.56.